The second kappa shape index (κ2) is 9.36. The second-order valence-electron chi connectivity index (χ2n) is 4.22. The lowest BCUT2D eigenvalue weighted by Crippen LogP contribution is -2.48. The molecule has 0 aromatic rings. The minimum atomic E-state index is -4.81. The van der Waals surface area contributed by atoms with E-state index in [1.807, 2.05) is 0 Å². The normalized spacial score (nSPS) is 14.6. The van der Waals surface area contributed by atoms with Crippen molar-refractivity contribution in [2.75, 3.05) is 5.75 Å². The van der Waals surface area contributed by atoms with E-state index in [-0.39, 0.29) is 6.42 Å². The maximum atomic E-state index is 11.5. The molecule has 0 unspecified atom stereocenters. The third-order valence-corrected chi connectivity index (χ3v) is 3.34. The Bertz CT molecular complexity index is 373. The number of carboxylic acid groups (broad SMARTS) is 1. The Kier molecular flexibility index (Phi) is 9.08. The van der Waals surface area contributed by atoms with E-state index in [2.05, 4.69) is 22.5 Å². The highest BCUT2D eigenvalue weighted by atomic mass is 32.1. The highest BCUT2D eigenvalue weighted by molar-refractivity contribution is 7.80. The molecular formula is C10H20NO7PS. The van der Waals surface area contributed by atoms with E-state index < -0.39 is 31.8 Å². The predicted octanol–water partition coefficient (Wildman–Crippen LogP) is 0.544. The van der Waals surface area contributed by atoms with Gasteiger partial charge in [0.2, 0.25) is 5.91 Å². The van der Waals surface area contributed by atoms with Gasteiger partial charge in [-0.1, -0.05) is 6.42 Å². The van der Waals surface area contributed by atoms with Crippen LogP contribution in [0.1, 0.15) is 32.6 Å². The lowest BCUT2D eigenvalue weighted by molar-refractivity contribution is -0.144. The Hall–Kier alpha value is -0.600. The number of unbranched alkanes of at least 4 members (excludes halogenated alkanes) is 2. The zero-order valence-corrected chi connectivity index (χ0v) is 12.8. The molecule has 0 rings (SSSR count). The fraction of sp³-hybridized carbons (Fsp3) is 0.800. The van der Waals surface area contributed by atoms with Gasteiger partial charge in [0.25, 0.3) is 0 Å². The first-order valence-corrected chi connectivity index (χ1v) is 8.20. The topological polar surface area (TPSA) is 133 Å². The number of carbonyl (C=O) groups excluding carboxylic acids is 1. The summed E-state index contributed by atoms with van der Waals surface area (Å²) in [6.07, 6.45) is 1.03. The van der Waals surface area contributed by atoms with Crippen LogP contribution < -0.4 is 5.32 Å². The molecule has 0 fully saturated rings. The molecule has 10 heteroatoms. The number of carboxylic acids is 1. The van der Waals surface area contributed by atoms with Crippen LogP contribution >= 0.6 is 20.5 Å². The molecule has 118 valence electrons. The molecule has 0 saturated heterocycles. The second-order valence-corrected chi connectivity index (χ2v) is 5.86. The van der Waals surface area contributed by atoms with Crippen LogP contribution in [0.4, 0.5) is 0 Å². The third-order valence-electron chi connectivity index (χ3n) is 2.42. The van der Waals surface area contributed by atoms with Gasteiger partial charge < -0.3 is 20.2 Å². The molecule has 0 aliphatic rings. The molecule has 0 radical (unpaired) electrons. The fourth-order valence-corrected chi connectivity index (χ4v) is 2.26. The molecule has 0 saturated carbocycles. The van der Waals surface area contributed by atoms with Crippen molar-refractivity contribution in [2.24, 2.45) is 0 Å². The smallest absolute Gasteiger partial charge is 0.469 e. The third kappa shape index (κ3) is 9.33. The van der Waals surface area contributed by atoms with E-state index in [1.165, 1.54) is 6.92 Å². The highest BCUT2D eigenvalue weighted by Gasteiger charge is 2.31. The molecule has 0 aromatic heterocycles. The summed E-state index contributed by atoms with van der Waals surface area (Å²) in [7, 11) is -4.81. The number of rotatable bonds is 10. The fourth-order valence-electron chi connectivity index (χ4n) is 1.48. The van der Waals surface area contributed by atoms with Crippen LogP contribution in [0.5, 0.6) is 0 Å². The SMILES string of the molecule is C[C@@H](OP(=O)(O)O)[C@H](NC(=O)CCCCCS)C(=O)O. The van der Waals surface area contributed by atoms with Crippen molar-refractivity contribution in [3.63, 3.8) is 0 Å². The monoisotopic (exact) mass is 329 g/mol. The molecule has 8 nitrogen and oxygen atoms in total. The minimum Gasteiger partial charge on any atom is -0.480 e. The number of aliphatic carboxylic acids is 1. The Morgan fingerprint density at radius 2 is 1.90 bits per heavy atom. The maximum Gasteiger partial charge on any atom is 0.469 e. The molecular weight excluding hydrogens is 309 g/mol. The summed E-state index contributed by atoms with van der Waals surface area (Å²) in [5.41, 5.74) is 0. The molecule has 20 heavy (non-hydrogen) atoms. The van der Waals surface area contributed by atoms with Crippen LogP contribution in [0.3, 0.4) is 0 Å². The summed E-state index contributed by atoms with van der Waals surface area (Å²) >= 11 is 4.03. The van der Waals surface area contributed by atoms with Crippen LogP contribution in [0.15, 0.2) is 0 Å². The maximum absolute atomic E-state index is 11.5. The van der Waals surface area contributed by atoms with Crippen molar-refractivity contribution in [1.82, 2.24) is 5.32 Å². The first-order chi connectivity index (χ1) is 9.17. The van der Waals surface area contributed by atoms with Gasteiger partial charge in [-0.3, -0.25) is 9.32 Å². The van der Waals surface area contributed by atoms with Gasteiger partial charge in [0.15, 0.2) is 6.04 Å². The van der Waals surface area contributed by atoms with E-state index in [1.54, 1.807) is 0 Å². The van der Waals surface area contributed by atoms with Crippen molar-refractivity contribution >= 4 is 32.3 Å². The van der Waals surface area contributed by atoms with Crippen LogP contribution in [0.25, 0.3) is 0 Å². The number of phosphoric ester groups is 1. The summed E-state index contributed by atoms with van der Waals surface area (Å²) in [5, 5.41) is 11.1. The van der Waals surface area contributed by atoms with E-state index in [0.717, 1.165) is 12.8 Å². The van der Waals surface area contributed by atoms with Crippen molar-refractivity contribution in [1.29, 1.82) is 0 Å². The van der Waals surface area contributed by atoms with E-state index >= 15 is 0 Å². The summed E-state index contributed by atoms with van der Waals surface area (Å²) < 4.78 is 14.9. The summed E-state index contributed by atoms with van der Waals surface area (Å²) in [6.45, 7) is 1.17. The molecule has 0 aliphatic heterocycles. The predicted molar refractivity (Wildman–Crippen MR) is 74.5 cm³/mol. The molecule has 0 aromatic carbocycles. The van der Waals surface area contributed by atoms with Gasteiger partial charge in [0, 0.05) is 6.42 Å². The van der Waals surface area contributed by atoms with E-state index in [4.69, 9.17) is 14.9 Å². The number of hydrogen-bond donors (Lipinski definition) is 5. The van der Waals surface area contributed by atoms with Gasteiger partial charge in [-0.05, 0) is 25.5 Å². The Morgan fingerprint density at radius 1 is 1.30 bits per heavy atom. The zero-order valence-electron chi connectivity index (χ0n) is 11.1. The van der Waals surface area contributed by atoms with Crippen molar-refractivity contribution < 1.29 is 33.6 Å². The van der Waals surface area contributed by atoms with Gasteiger partial charge >= 0.3 is 13.8 Å². The zero-order chi connectivity index (χ0) is 15.8. The Balaban J connectivity index is 4.36. The quantitative estimate of drug-likeness (QED) is 0.224. The number of hydrogen-bond acceptors (Lipinski definition) is 5. The standard InChI is InChI=1S/C10H20NO7PS/c1-7(18-19(15,16)17)9(10(13)14)11-8(12)5-3-2-4-6-20/h7,9,20H,2-6H2,1H3,(H,11,12)(H,13,14)(H2,15,16,17)/t7-,9+/m1/s1. The molecule has 0 heterocycles. The first kappa shape index (κ1) is 19.4. The Labute approximate surface area is 122 Å². The lowest BCUT2D eigenvalue weighted by Gasteiger charge is -2.21. The number of carbonyl (C=O) groups is 2. The molecule has 2 atom stereocenters. The van der Waals surface area contributed by atoms with E-state index in [9.17, 15) is 14.2 Å². The molecule has 4 N–H and O–H groups in total. The lowest BCUT2D eigenvalue weighted by atomic mass is 10.1. The van der Waals surface area contributed by atoms with Crippen molar-refractivity contribution in [3.05, 3.63) is 0 Å². The average Bonchev–Trinajstić information content (AvgIpc) is 2.29. The van der Waals surface area contributed by atoms with Crippen molar-refractivity contribution in [2.45, 2.75) is 44.8 Å². The molecule has 1 amide bonds. The largest absolute Gasteiger partial charge is 0.480 e. The van der Waals surface area contributed by atoms with Gasteiger partial charge in [-0.2, -0.15) is 12.6 Å². The van der Waals surface area contributed by atoms with Crippen molar-refractivity contribution in [3.8, 4) is 0 Å². The number of nitrogens with one attached hydrogen (secondary N) is 1. The Morgan fingerprint density at radius 3 is 2.35 bits per heavy atom. The van der Waals surface area contributed by atoms with Crippen LogP contribution in [-0.4, -0.2) is 44.7 Å². The number of thiol groups is 1. The molecule has 0 aliphatic carbocycles. The summed E-state index contributed by atoms with van der Waals surface area (Å²) in [5.74, 6) is -1.21. The van der Waals surface area contributed by atoms with Crippen LogP contribution in [0.2, 0.25) is 0 Å². The minimum absolute atomic E-state index is 0.139. The van der Waals surface area contributed by atoms with Gasteiger partial charge in [-0.15, -0.1) is 0 Å². The summed E-state index contributed by atoms with van der Waals surface area (Å²) in [4.78, 5) is 39.8. The molecule has 0 bridgehead atoms. The van der Waals surface area contributed by atoms with Gasteiger partial charge in [0.05, 0.1) is 6.10 Å². The van der Waals surface area contributed by atoms with Gasteiger partial charge in [0.1, 0.15) is 0 Å². The first-order valence-electron chi connectivity index (χ1n) is 6.04. The average molecular weight is 329 g/mol. The molecule has 0 spiro atoms. The van der Waals surface area contributed by atoms with E-state index in [0.29, 0.717) is 12.2 Å². The summed E-state index contributed by atoms with van der Waals surface area (Å²) in [6, 6.07) is -1.51. The highest BCUT2D eigenvalue weighted by Crippen LogP contribution is 2.38. The van der Waals surface area contributed by atoms with Crippen LogP contribution in [0, 0.1) is 0 Å². The number of phosphoric acid groups is 1. The van der Waals surface area contributed by atoms with Crippen LogP contribution in [-0.2, 0) is 18.7 Å². The van der Waals surface area contributed by atoms with Gasteiger partial charge in [-0.25, -0.2) is 9.36 Å². The number of amides is 1.